The van der Waals surface area contributed by atoms with Gasteiger partial charge >= 0.3 is 0 Å². The molecule has 1 atom stereocenters. The van der Waals surface area contributed by atoms with E-state index in [1.807, 2.05) is 0 Å². The van der Waals surface area contributed by atoms with E-state index >= 15 is 0 Å². The van der Waals surface area contributed by atoms with Gasteiger partial charge in [-0.1, -0.05) is 78.7 Å². The van der Waals surface area contributed by atoms with E-state index in [4.69, 9.17) is 11.6 Å². The molecule has 0 nitrogen and oxygen atoms in total. The minimum absolute atomic E-state index is 0.127. The van der Waals surface area contributed by atoms with Crippen LogP contribution in [-0.4, -0.2) is 0 Å². The van der Waals surface area contributed by atoms with Gasteiger partial charge in [0, 0.05) is 4.47 Å². The van der Waals surface area contributed by atoms with Gasteiger partial charge in [0.1, 0.15) is 0 Å². The molecule has 1 unspecified atom stereocenters. The Morgan fingerprint density at radius 3 is 2.29 bits per heavy atom. The molecule has 0 N–H and O–H groups in total. The first-order chi connectivity index (χ1) is 9.85. The number of halogens is 2. The smallest absolute Gasteiger partial charge is 0.0846 e. The highest BCUT2D eigenvalue weighted by Gasteiger charge is 2.19. The highest BCUT2D eigenvalue weighted by molar-refractivity contribution is 9.10. The SMILES string of the molecule is CCC(C)(C)c1ccc(C(Cl)c2cc(C)ccc2Br)cc1. The second-order valence-electron chi connectivity index (χ2n) is 6.25. The predicted molar refractivity (Wildman–Crippen MR) is 96.3 cm³/mol. The number of rotatable bonds is 4. The summed E-state index contributed by atoms with van der Waals surface area (Å²) in [6.45, 7) is 8.86. The van der Waals surface area contributed by atoms with Gasteiger partial charge in [-0.05, 0) is 41.5 Å². The molecule has 21 heavy (non-hydrogen) atoms. The Balaban J connectivity index is 2.32. The second-order valence-corrected chi connectivity index (χ2v) is 7.54. The first kappa shape index (κ1) is 16.6. The van der Waals surface area contributed by atoms with E-state index in [1.54, 1.807) is 0 Å². The van der Waals surface area contributed by atoms with E-state index in [9.17, 15) is 0 Å². The average molecular weight is 366 g/mol. The lowest BCUT2D eigenvalue weighted by Crippen LogP contribution is -2.15. The molecule has 2 rings (SSSR count). The molecule has 0 radical (unpaired) electrons. The van der Waals surface area contributed by atoms with E-state index < -0.39 is 0 Å². The molecular formula is C19H22BrCl. The molecule has 0 spiro atoms. The standard InChI is InChI=1S/C19H22BrCl/c1-5-19(3,4)15-9-7-14(8-10-15)18(21)16-12-13(2)6-11-17(16)20/h6-12,18H,5H2,1-4H3. The molecule has 0 aliphatic carbocycles. The Kier molecular flexibility index (Phi) is 5.16. The Morgan fingerprint density at radius 1 is 1.10 bits per heavy atom. The lowest BCUT2D eigenvalue weighted by atomic mass is 9.82. The zero-order chi connectivity index (χ0) is 15.6. The summed E-state index contributed by atoms with van der Waals surface area (Å²) in [6, 6.07) is 15.0. The molecule has 0 saturated heterocycles. The molecule has 0 aromatic heterocycles. The Hall–Kier alpha value is -0.790. The van der Waals surface area contributed by atoms with Crippen LogP contribution in [0.1, 0.15) is 54.8 Å². The average Bonchev–Trinajstić information content (AvgIpc) is 2.49. The fourth-order valence-electron chi connectivity index (χ4n) is 2.34. The van der Waals surface area contributed by atoms with Gasteiger partial charge in [0.05, 0.1) is 5.38 Å². The molecule has 0 heterocycles. The predicted octanol–water partition coefficient (Wildman–Crippen LogP) is 6.77. The van der Waals surface area contributed by atoms with E-state index in [2.05, 4.69) is 86.1 Å². The summed E-state index contributed by atoms with van der Waals surface area (Å²) in [7, 11) is 0. The van der Waals surface area contributed by atoms with Crippen molar-refractivity contribution in [1.29, 1.82) is 0 Å². The molecule has 2 heteroatoms. The summed E-state index contributed by atoms with van der Waals surface area (Å²) in [5.74, 6) is 0. The van der Waals surface area contributed by atoms with Gasteiger partial charge in [0.25, 0.3) is 0 Å². The number of hydrogen-bond donors (Lipinski definition) is 0. The van der Waals surface area contributed by atoms with Gasteiger partial charge in [-0.25, -0.2) is 0 Å². The minimum Gasteiger partial charge on any atom is -0.113 e. The highest BCUT2D eigenvalue weighted by atomic mass is 79.9. The van der Waals surface area contributed by atoms with Crippen molar-refractivity contribution in [3.05, 3.63) is 69.2 Å². The maximum absolute atomic E-state index is 6.68. The third-order valence-electron chi connectivity index (χ3n) is 4.29. The number of alkyl halides is 1. The van der Waals surface area contributed by atoms with Crippen molar-refractivity contribution in [2.45, 2.75) is 44.9 Å². The molecular weight excluding hydrogens is 344 g/mol. The molecule has 112 valence electrons. The van der Waals surface area contributed by atoms with Crippen LogP contribution in [0.3, 0.4) is 0 Å². The van der Waals surface area contributed by atoms with Crippen LogP contribution in [0.15, 0.2) is 46.9 Å². The van der Waals surface area contributed by atoms with Crippen LogP contribution < -0.4 is 0 Å². The van der Waals surface area contributed by atoms with Crippen LogP contribution in [0.2, 0.25) is 0 Å². The maximum Gasteiger partial charge on any atom is 0.0846 e. The van der Waals surface area contributed by atoms with Crippen molar-refractivity contribution in [1.82, 2.24) is 0 Å². The second kappa shape index (κ2) is 6.54. The van der Waals surface area contributed by atoms with Crippen LogP contribution in [0.5, 0.6) is 0 Å². The lowest BCUT2D eigenvalue weighted by molar-refractivity contribution is 0.506. The van der Waals surface area contributed by atoms with Gasteiger partial charge < -0.3 is 0 Å². The summed E-state index contributed by atoms with van der Waals surface area (Å²) >= 11 is 10.3. The van der Waals surface area contributed by atoms with Crippen molar-refractivity contribution in [3.8, 4) is 0 Å². The molecule has 0 aliphatic heterocycles. The molecule has 2 aromatic rings. The zero-order valence-corrected chi connectivity index (χ0v) is 15.4. The van der Waals surface area contributed by atoms with Gasteiger partial charge in [-0.3, -0.25) is 0 Å². The minimum atomic E-state index is -0.127. The zero-order valence-electron chi connectivity index (χ0n) is 13.1. The summed E-state index contributed by atoms with van der Waals surface area (Å²) in [4.78, 5) is 0. The van der Waals surface area contributed by atoms with Crippen molar-refractivity contribution in [2.75, 3.05) is 0 Å². The van der Waals surface area contributed by atoms with Crippen molar-refractivity contribution in [3.63, 3.8) is 0 Å². The van der Waals surface area contributed by atoms with E-state index in [0.717, 1.165) is 22.0 Å². The van der Waals surface area contributed by atoms with Gasteiger partial charge in [0.2, 0.25) is 0 Å². The third kappa shape index (κ3) is 3.70. The molecule has 0 aliphatic rings. The van der Waals surface area contributed by atoms with Crippen LogP contribution >= 0.6 is 27.5 Å². The van der Waals surface area contributed by atoms with Gasteiger partial charge in [-0.2, -0.15) is 0 Å². The Labute approximate surface area is 141 Å². The highest BCUT2D eigenvalue weighted by Crippen LogP contribution is 2.35. The fourth-order valence-corrected chi connectivity index (χ4v) is 3.28. The van der Waals surface area contributed by atoms with Crippen LogP contribution in [-0.2, 0) is 5.41 Å². The number of hydrogen-bond acceptors (Lipinski definition) is 0. The van der Waals surface area contributed by atoms with E-state index in [1.165, 1.54) is 11.1 Å². The van der Waals surface area contributed by atoms with Crippen LogP contribution in [0.25, 0.3) is 0 Å². The Bertz CT molecular complexity index is 614. The van der Waals surface area contributed by atoms with Crippen molar-refractivity contribution < 1.29 is 0 Å². The summed E-state index contributed by atoms with van der Waals surface area (Å²) in [6.07, 6.45) is 1.13. The van der Waals surface area contributed by atoms with Gasteiger partial charge in [-0.15, -0.1) is 11.6 Å². The quantitative estimate of drug-likeness (QED) is 0.524. The maximum atomic E-state index is 6.68. The lowest BCUT2D eigenvalue weighted by Gasteiger charge is -2.24. The van der Waals surface area contributed by atoms with Crippen molar-refractivity contribution >= 4 is 27.5 Å². The van der Waals surface area contributed by atoms with Crippen LogP contribution in [0.4, 0.5) is 0 Å². The normalized spacial score (nSPS) is 13.2. The number of benzene rings is 2. The molecule has 0 bridgehead atoms. The molecule has 2 aromatic carbocycles. The summed E-state index contributed by atoms with van der Waals surface area (Å²) in [5, 5.41) is -0.127. The third-order valence-corrected chi connectivity index (χ3v) is 5.50. The molecule has 0 saturated carbocycles. The summed E-state index contributed by atoms with van der Waals surface area (Å²) in [5.41, 5.74) is 5.06. The molecule has 0 amide bonds. The topological polar surface area (TPSA) is 0 Å². The first-order valence-corrected chi connectivity index (χ1v) is 8.58. The van der Waals surface area contributed by atoms with Gasteiger partial charge in [0.15, 0.2) is 0 Å². The first-order valence-electron chi connectivity index (χ1n) is 7.35. The Morgan fingerprint density at radius 2 is 1.71 bits per heavy atom. The largest absolute Gasteiger partial charge is 0.113 e. The van der Waals surface area contributed by atoms with E-state index in [0.29, 0.717) is 0 Å². The fraction of sp³-hybridized carbons (Fsp3) is 0.368. The monoisotopic (exact) mass is 364 g/mol. The summed E-state index contributed by atoms with van der Waals surface area (Å²) < 4.78 is 1.06. The number of aryl methyl sites for hydroxylation is 1. The van der Waals surface area contributed by atoms with E-state index in [-0.39, 0.29) is 10.8 Å². The molecule has 0 fully saturated rings. The van der Waals surface area contributed by atoms with Crippen molar-refractivity contribution in [2.24, 2.45) is 0 Å². The van der Waals surface area contributed by atoms with Crippen LogP contribution in [0, 0.1) is 6.92 Å².